The van der Waals surface area contributed by atoms with E-state index in [0.717, 1.165) is 49.1 Å². The highest BCUT2D eigenvalue weighted by Crippen LogP contribution is 2.22. The van der Waals surface area contributed by atoms with E-state index < -0.39 is 12.6 Å². The molecule has 0 amide bonds. The maximum Gasteiger partial charge on any atom is 0.197 e. The van der Waals surface area contributed by atoms with Crippen molar-refractivity contribution in [2.24, 2.45) is 0 Å². The van der Waals surface area contributed by atoms with Gasteiger partial charge >= 0.3 is 0 Å². The molecule has 0 aromatic heterocycles. The van der Waals surface area contributed by atoms with Crippen LogP contribution in [0.3, 0.4) is 0 Å². The van der Waals surface area contributed by atoms with Crippen molar-refractivity contribution < 1.29 is 42.6 Å². The number of rotatable bonds is 22. The lowest BCUT2D eigenvalue weighted by molar-refractivity contribution is -0.102. The van der Waals surface area contributed by atoms with Gasteiger partial charge in [-0.2, -0.15) is 0 Å². The van der Waals surface area contributed by atoms with E-state index in [2.05, 4.69) is 48.5 Å². The Balaban J connectivity index is 0.785. The van der Waals surface area contributed by atoms with E-state index in [4.69, 9.17) is 42.6 Å². The van der Waals surface area contributed by atoms with Gasteiger partial charge in [-0.15, -0.1) is 0 Å². The molecule has 260 valence electrons. The lowest BCUT2D eigenvalue weighted by Gasteiger charge is -2.17. The van der Waals surface area contributed by atoms with Crippen molar-refractivity contribution in [3.05, 3.63) is 119 Å². The zero-order valence-electron chi connectivity index (χ0n) is 28.3. The van der Waals surface area contributed by atoms with Crippen molar-refractivity contribution in [3.63, 3.8) is 0 Å². The monoisotopic (exact) mass is 670 g/mol. The molecule has 4 atom stereocenters. The molecule has 4 aromatic carbocycles. The van der Waals surface area contributed by atoms with Crippen LogP contribution in [0.4, 0.5) is 0 Å². The van der Waals surface area contributed by atoms with Crippen LogP contribution in [0.5, 0.6) is 23.0 Å². The summed E-state index contributed by atoms with van der Waals surface area (Å²) in [6.07, 6.45) is 1.40. The second-order valence-corrected chi connectivity index (χ2v) is 12.2. The second-order valence-electron chi connectivity index (χ2n) is 12.2. The molecular weight excluding hydrogens is 624 g/mol. The first-order chi connectivity index (χ1) is 24.0. The van der Waals surface area contributed by atoms with Gasteiger partial charge in [0.25, 0.3) is 0 Å². The van der Waals surface area contributed by atoms with Crippen LogP contribution in [0, 0.1) is 0 Å². The van der Waals surface area contributed by atoms with Crippen LogP contribution in [0.1, 0.15) is 36.1 Å². The van der Waals surface area contributed by atoms with Gasteiger partial charge in [-0.3, -0.25) is 0 Å². The third-order valence-electron chi connectivity index (χ3n) is 7.95. The van der Waals surface area contributed by atoms with E-state index in [1.165, 1.54) is 22.3 Å². The van der Waals surface area contributed by atoms with Crippen molar-refractivity contribution in [2.75, 3.05) is 52.9 Å². The van der Waals surface area contributed by atoms with Gasteiger partial charge in [0.05, 0.1) is 39.6 Å². The molecule has 2 aliphatic rings. The summed E-state index contributed by atoms with van der Waals surface area (Å²) in [7, 11) is 0. The van der Waals surface area contributed by atoms with Crippen LogP contribution in [0.2, 0.25) is 0 Å². The van der Waals surface area contributed by atoms with Gasteiger partial charge in [0.2, 0.25) is 0 Å². The number of epoxide rings is 2. The molecular formula is C40H46O9. The minimum atomic E-state index is -0.397. The molecule has 0 saturated carbocycles. The number of hydrogen-bond acceptors (Lipinski definition) is 9. The highest BCUT2D eigenvalue weighted by molar-refractivity contribution is 5.35. The molecule has 4 unspecified atom stereocenters. The van der Waals surface area contributed by atoms with Gasteiger partial charge in [0, 0.05) is 0 Å². The highest BCUT2D eigenvalue weighted by Gasteiger charge is 2.23. The molecule has 2 saturated heterocycles. The van der Waals surface area contributed by atoms with E-state index in [9.17, 15) is 0 Å². The smallest absolute Gasteiger partial charge is 0.197 e. The van der Waals surface area contributed by atoms with E-state index >= 15 is 0 Å². The average Bonchev–Trinajstić information content (AvgIpc) is 4.05. The van der Waals surface area contributed by atoms with E-state index in [1.807, 2.05) is 62.4 Å². The lowest BCUT2D eigenvalue weighted by atomic mass is 10.0. The Bertz CT molecular complexity index is 1400. The molecule has 6 rings (SSSR count). The third-order valence-corrected chi connectivity index (χ3v) is 7.95. The minimum Gasteiger partial charge on any atom is -0.491 e. The Kier molecular flexibility index (Phi) is 12.8. The van der Waals surface area contributed by atoms with Crippen molar-refractivity contribution >= 4 is 0 Å². The van der Waals surface area contributed by atoms with Crippen molar-refractivity contribution in [3.8, 4) is 23.0 Å². The molecule has 0 aliphatic carbocycles. The Hall–Kier alpha value is -4.12. The molecule has 9 heteroatoms. The standard InChI is InChI=1S/C40H46O9/c1-29(48-37-15-7-33(8-16-37)23-31-3-11-35(12-4-31)44-25-39-27-46-39)42-21-19-41-20-22-43-30(2)49-38-17-9-34(10-18-38)24-32-5-13-36(14-6-32)45-26-40-28-47-40/h3-18,29-30,39-40H,19-28H2,1-2H3. The molecule has 49 heavy (non-hydrogen) atoms. The first-order valence-electron chi connectivity index (χ1n) is 17.0. The lowest BCUT2D eigenvalue weighted by Crippen LogP contribution is -2.21. The maximum atomic E-state index is 5.91. The molecule has 4 aromatic rings. The van der Waals surface area contributed by atoms with Gasteiger partial charge in [-0.1, -0.05) is 48.5 Å². The summed E-state index contributed by atoms with van der Waals surface area (Å²) in [6.45, 7) is 8.29. The Morgan fingerprint density at radius 3 is 1.14 bits per heavy atom. The highest BCUT2D eigenvalue weighted by atomic mass is 16.7. The maximum absolute atomic E-state index is 5.91. The van der Waals surface area contributed by atoms with Gasteiger partial charge in [0.1, 0.15) is 48.4 Å². The summed E-state index contributed by atoms with van der Waals surface area (Å²) in [5.41, 5.74) is 4.85. The Morgan fingerprint density at radius 2 is 0.816 bits per heavy atom. The first-order valence-corrected chi connectivity index (χ1v) is 17.0. The Labute approximate surface area is 288 Å². The predicted molar refractivity (Wildman–Crippen MR) is 185 cm³/mol. The van der Waals surface area contributed by atoms with Crippen molar-refractivity contribution in [1.82, 2.24) is 0 Å². The largest absolute Gasteiger partial charge is 0.491 e. The van der Waals surface area contributed by atoms with Crippen LogP contribution in [0.25, 0.3) is 0 Å². The summed E-state index contributed by atoms with van der Waals surface area (Å²) < 4.78 is 50.8. The molecule has 0 N–H and O–H groups in total. The van der Waals surface area contributed by atoms with Crippen LogP contribution in [-0.2, 0) is 36.5 Å². The summed E-state index contributed by atoms with van der Waals surface area (Å²) >= 11 is 0. The average molecular weight is 671 g/mol. The van der Waals surface area contributed by atoms with Crippen molar-refractivity contribution in [2.45, 2.75) is 51.5 Å². The predicted octanol–water partition coefficient (Wildman–Crippen LogP) is 6.62. The van der Waals surface area contributed by atoms with Gasteiger partial charge < -0.3 is 42.6 Å². The fraction of sp³-hybridized carbons (Fsp3) is 0.400. The molecule has 0 bridgehead atoms. The number of ether oxygens (including phenoxy) is 9. The van der Waals surface area contributed by atoms with Crippen LogP contribution in [0.15, 0.2) is 97.1 Å². The zero-order chi connectivity index (χ0) is 33.7. The zero-order valence-corrected chi connectivity index (χ0v) is 28.3. The van der Waals surface area contributed by atoms with Crippen molar-refractivity contribution in [1.29, 1.82) is 0 Å². The van der Waals surface area contributed by atoms with Crippen LogP contribution >= 0.6 is 0 Å². The fourth-order valence-corrected chi connectivity index (χ4v) is 5.06. The van der Waals surface area contributed by atoms with E-state index in [1.54, 1.807) is 0 Å². The van der Waals surface area contributed by atoms with Gasteiger partial charge in [-0.25, -0.2) is 0 Å². The summed E-state index contributed by atoms with van der Waals surface area (Å²) in [5.74, 6) is 3.26. The van der Waals surface area contributed by atoms with Gasteiger partial charge in [0.15, 0.2) is 12.6 Å². The number of benzene rings is 4. The number of hydrogen-bond donors (Lipinski definition) is 0. The molecule has 0 radical (unpaired) electrons. The SMILES string of the molecule is CC(OCCOCCOC(C)Oc1ccc(Cc2ccc(OCC3CO3)cc2)cc1)Oc1ccc(Cc2ccc(OCC3CO3)cc2)cc1. The van der Waals surface area contributed by atoms with Gasteiger partial charge in [-0.05, 0) is 97.5 Å². The van der Waals surface area contributed by atoms with E-state index in [-0.39, 0.29) is 12.2 Å². The first kappa shape index (κ1) is 34.7. The molecule has 2 aliphatic heterocycles. The van der Waals surface area contributed by atoms with Crippen LogP contribution < -0.4 is 18.9 Å². The minimum absolute atomic E-state index is 0.259. The van der Waals surface area contributed by atoms with E-state index in [0.29, 0.717) is 39.6 Å². The second kappa shape index (κ2) is 18.0. The quantitative estimate of drug-likeness (QED) is 0.0520. The summed E-state index contributed by atoms with van der Waals surface area (Å²) in [4.78, 5) is 0. The molecule has 2 fully saturated rings. The third kappa shape index (κ3) is 12.7. The molecule has 0 spiro atoms. The molecule has 2 heterocycles. The van der Waals surface area contributed by atoms with Crippen LogP contribution in [-0.4, -0.2) is 77.6 Å². The topological polar surface area (TPSA) is 89.7 Å². The summed E-state index contributed by atoms with van der Waals surface area (Å²) in [6, 6.07) is 32.6. The Morgan fingerprint density at radius 1 is 0.490 bits per heavy atom. The summed E-state index contributed by atoms with van der Waals surface area (Å²) in [5, 5.41) is 0. The normalized spacial score (nSPS) is 17.6. The molecule has 9 nitrogen and oxygen atoms in total. The fourth-order valence-electron chi connectivity index (χ4n) is 5.06.